The second-order valence-electron chi connectivity index (χ2n) is 16.3. The average molecular weight is 839 g/mol. The fourth-order valence-corrected chi connectivity index (χ4v) is 8.55. The van der Waals surface area contributed by atoms with Crippen molar-refractivity contribution in [1.82, 2.24) is 25.8 Å². The number of rotatable bonds is 21. The predicted molar refractivity (Wildman–Crippen MR) is 232 cm³/mol. The minimum atomic E-state index is -1.37. The molecule has 1 aliphatic heterocycles. The number of likely N-dealkylation sites (N-methyl/N-ethyl adjacent to an activating group) is 1. The molecule has 0 radical (unpaired) electrons. The minimum absolute atomic E-state index is 0.0412. The number of imide groups is 1. The molecule has 15 heteroatoms. The SMILES string of the molecule is CN[C@@H](Cc1ccccc1)C(=O)N[C@@H](CCCCN)C(=O)N1CCC[C@H]1C(=O)N(C(=O)[C@H](N)CC1CCCCC1)[C@@H](Cc1ccccc1)C(=O)NCc1cccc([N+](=O)[O-])c1. The van der Waals surface area contributed by atoms with Crippen LogP contribution in [0.1, 0.15) is 87.3 Å². The van der Waals surface area contributed by atoms with Gasteiger partial charge in [-0.3, -0.25) is 39.0 Å². The molecule has 61 heavy (non-hydrogen) atoms. The minimum Gasteiger partial charge on any atom is -0.350 e. The summed E-state index contributed by atoms with van der Waals surface area (Å²) in [4.78, 5) is 86.2. The lowest BCUT2D eigenvalue weighted by Crippen LogP contribution is -2.62. The lowest BCUT2D eigenvalue weighted by Gasteiger charge is -2.37. The number of nitrogens with zero attached hydrogens (tertiary/aromatic N) is 3. The number of carbonyl (C=O) groups is 5. The van der Waals surface area contributed by atoms with E-state index in [1.807, 2.05) is 36.4 Å². The number of hydrogen-bond acceptors (Lipinski definition) is 10. The molecule has 0 spiro atoms. The first kappa shape index (κ1) is 46.6. The van der Waals surface area contributed by atoms with E-state index in [1.54, 1.807) is 37.4 Å². The molecule has 328 valence electrons. The Hall–Kier alpha value is -5.51. The second kappa shape index (κ2) is 23.5. The van der Waals surface area contributed by atoms with E-state index < -0.39 is 58.8 Å². The zero-order chi connectivity index (χ0) is 43.7. The highest BCUT2D eigenvalue weighted by Gasteiger charge is 2.45. The maximum atomic E-state index is 15.2. The van der Waals surface area contributed by atoms with Gasteiger partial charge in [0.2, 0.25) is 23.6 Å². The largest absolute Gasteiger partial charge is 0.350 e. The van der Waals surface area contributed by atoms with Crippen LogP contribution in [0.4, 0.5) is 5.69 Å². The number of unbranched alkanes of at least 4 members (excludes halogenated alkanes) is 1. The van der Waals surface area contributed by atoms with Crippen molar-refractivity contribution in [3.05, 3.63) is 112 Å². The van der Waals surface area contributed by atoms with E-state index in [2.05, 4.69) is 16.0 Å². The molecule has 3 aromatic rings. The smallest absolute Gasteiger partial charge is 0.269 e. The summed E-state index contributed by atoms with van der Waals surface area (Å²) in [6.07, 6.45) is 7.81. The van der Waals surface area contributed by atoms with Gasteiger partial charge in [0.05, 0.1) is 17.0 Å². The molecule has 5 amide bonds. The molecule has 0 aromatic heterocycles. The Morgan fingerprint density at radius 3 is 2.11 bits per heavy atom. The normalized spacial score (nSPS) is 17.4. The van der Waals surface area contributed by atoms with Gasteiger partial charge in [0, 0.05) is 31.6 Å². The predicted octanol–water partition coefficient (Wildman–Crippen LogP) is 3.91. The maximum absolute atomic E-state index is 15.2. The van der Waals surface area contributed by atoms with Crippen LogP contribution in [0.5, 0.6) is 0 Å². The summed E-state index contributed by atoms with van der Waals surface area (Å²) in [7, 11) is 1.68. The average Bonchev–Trinajstić information content (AvgIpc) is 3.78. The monoisotopic (exact) mass is 838 g/mol. The number of nitro groups is 1. The highest BCUT2D eigenvalue weighted by molar-refractivity contribution is 6.05. The molecular formula is C46H62N8O7. The Bertz CT molecular complexity index is 1930. The number of amides is 5. The number of carbonyl (C=O) groups excluding carboxylic acids is 5. The summed E-state index contributed by atoms with van der Waals surface area (Å²) >= 11 is 0. The van der Waals surface area contributed by atoms with Gasteiger partial charge >= 0.3 is 0 Å². The number of nitrogens with one attached hydrogen (secondary N) is 3. The zero-order valence-corrected chi connectivity index (χ0v) is 35.2. The molecule has 1 heterocycles. The van der Waals surface area contributed by atoms with Gasteiger partial charge in [-0.1, -0.05) is 105 Å². The summed E-state index contributed by atoms with van der Waals surface area (Å²) < 4.78 is 0. The lowest BCUT2D eigenvalue weighted by molar-refractivity contribution is -0.384. The molecule has 0 unspecified atom stereocenters. The fourth-order valence-electron chi connectivity index (χ4n) is 8.55. The highest BCUT2D eigenvalue weighted by atomic mass is 16.6. The van der Waals surface area contributed by atoms with E-state index in [0.717, 1.165) is 42.6 Å². The Kier molecular flexibility index (Phi) is 17.9. The number of nitrogens with two attached hydrogens (primary N) is 2. The van der Waals surface area contributed by atoms with E-state index >= 15 is 4.79 Å². The van der Waals surface area contributed by atoms with Crippen LogP contribution in [-0.4, -0.2) is 94.6 Å². The topological polar surface area (TPSA) is 223 Å². The molecule has 1 saturated carbocycles. The van der Waals surface area contributed by atoms with Crippen molar-refractivity contribution in [3.8, 4) is 0 Å². The first-order valence-corrected chi connectivity index (χ1v) is 21.7. The number of non-ortho nitro benzene ring substituents is 1. The van der Waals surface area contributed by atoms with Crippen molar-refractivity contribution in [3.63, 3.8) is 0 Å². The van der Waals surface area contributed by atoms with Gasteiger partial charge in [0.25, 0.3) is 11.6 Å². The molecule has 1 saturated heterocycles. The van der Waals surface area contributed by atoms with Gasteiger partial charge in [-0.05, 0) is 81.1 Å². The van der Waals surface area contributed by atoms with E-state index in [4.69, 9.17) is 11.5 Å². The summed E-state index contributed by atoms with van der Waals surface area (Å²) in [6, 6.07) is 19.2. The number of benzene rings is 3. The van der Waals surface area contributed by atoms with Crippen LogP contribution in [-0.2, 0) is 43.4 Å². The van der Waals surface area contributed by atoms with Gasteiger partial charge in [0.1, 0.15) is 18.1 Å². The molecule has 2 aliphatic rings. The Balaban J connectivity index is 1.46. The molecule has 0 bridgehead atoms. The summed E-state index contributed by atoms with van der Waals surface area (Å²) in [5.41, 5.74) is 14.5. The number of hydrogen-bond donors (Lipinski definition) is 5. The third-order valence-corrected chi connectivity index (χ3v) is 11.9. The van der Waals surface area contributed by atoms with Gasteiger partial charge < -0.3 is 32.3 Å². The van der Waals surface area contributed by atoms with E-state index in [-0.39, 0.29) is 49.9 Å². The second-order valence-corrected chi connectivity index (χ2v) is 16.3. The van der Waals surface area contributed by atoms with Crippen molar-refractivity contribution >= 4 is 35.2 Å². The quantitative estimate of drug-likeness (QED) is 0.0591. The lowest BCUT2D eigenvalue weighted by atomic mass is 9.84. The third-order valence-electron chi connectivity index (χ3n) is 11.9. The maximum Gasteiger partial charge on any atom is 0.269 e. The van der Waals surface area contributed by atoms with Crippen molar-refractivity contribution in [2.45, 2.75) is 120 Å². The first-order valence-electron chi connectivity index (χ1n) is 21.7. The molecule has 3 aromatic carbocycles. The fraction of sp³-hybridized carbons (Fsp3) is 0.500. The highest BCUT2D eigenvalue weighted by Crippen LogP contribution is 2.29. The van der Waals surface area contributed by atoms with Gasteiger partial charge in [-0.2, -0.15) is 0 Å². The van der Waals surface area contributed by atoms with Crippen LogP contribution in [0.2, 0.25) is 0 Å². The van der Waals surface area contributed by atoms with E-state index in [0.29, 0.717) is 49.8 Å². The van der Waals surface area contributed by atoms with Crippen LogP contribution in [0.15, 0.2) is 84.9 Å². The van der Waals surface area contributed by atoms with Gasteiger partial charge in [-0.25, -0.2) is 0 Å². The van der Waals surface area contributed by atoms with Gasteiger partial charge in [0.15, 0.2) is 0 Å². The molecule has 5 rings (SSSR count). The standard InChI is InChI=1S/C46H62N8O7/c1-49-39(29-33-17-7-3-8-18-33)42(55)51-38(23-11-12-25-47)45(58)52-26-14-24-40(52)46(59)53(44(57)37(48)28-32-15-5-2-6-16-32)41(30-34-19-9-4-10-20-34)43(56)50-31-35-21-13-22-36(27-35)54(60)61/h3-4,7-10,13,17-22,27,32,37-41,49H,2,5-6,11-12,14-16,23-26,28-31,47-48H2,1H3,(H,50,56)(H,51,55)/t37-,38+,39+,40+,41+/m1/s1. The van der Waals surface area contributed by atoms with Crippen LogP contribution >= 0.6 is 0 Å². The van der Waals surface area contributed by atoms with Gasteiger partial charge in [-0.15, -0.1) is 0 Å². The number of likely N-dealkylation sites (tertiary alicyclic amines) is 1. The molecule has 15 nitrogen and oxygen atoms in total. The number of nitro benzene ring substituents is 1. The van der Waals surface area contributed by atoms with Crippen LogP contribution < -0.4 is 27.4 Å². The molecule has 1 aliphatic carbocycles. The zero-order valence-electron chi connectivity index (χ0n) is 35.2. The van der Waals surface area contributed by atoms with Crippen molar-refractivity contribution in [2.75, 3.05) is 20.1 Å². The first-order chi connectivity index (χ1) is 29.5. The summed E-state index contributed by atoms with van der Waals surface area (Å²) in [5, 5.41) is 20.3. The molecule has 7 N–H and O–H groups in total. The third kappa shape index (κ3) is 13.2. The van der Waals surface area contributed by atoms with Crippen molar-refractivity contribution in [1.29, 1.82) is 0 Å². The van der Waals surface area contributed by atoms with Crippen LogP contribution in [0.3, 0.4) is 0 Å². The van der Waals surface area contributed by atoms with Crippen molar-refractivity contribution in [2.24, 2.45) is 17.4 Å². The Labute approximate surface area is 358 Å². The summed E-state index contributed by atoms with van der Waals surface area (Å²) in [6.45, 7) is 0.500. The van der Waals surface area contributed by atoms with E-state index in [1.165, 1.54) is 23.1 Å². The summed E-state index contributed by atoms with van der Waals surface area (Å²) in [5.74, 6) is -2.71. The molecule has 2 fully saturated rings. The Morgan fingerprint density at radius 2 is 1.48 bits per heavy atom. The molecular weight excluding hydrogens is 777 g/mol. The van der Waals surface area contributed by atoms with Crippen LogP contribution in [0, 0.1) is 16.0 Å². The Morgan fingerprint density at radius 1 is 0.820 bits per heavy atom. The molecule has 5 atom stereocenters. The van der Waals surface area contributed by atoms with E-state index in [9.17, 15) is 29.3 Å². The van der Waals surface area contributed by atoms with Crippen molar-refractivity contribution < 1.29 is 28.9 Å². The van der Waals surface area contributed by atoms with Crippen LogP contribution in [0.25, 0.3) is 0 Å².